The number of carbonyl (C=O) groups is 2. The summed E-state index contributed by atoms with van der Waals surface area (Å²) < 4.78 is 0. The first-order valence-electron chi connectivity index (χ1n) is 9.92. The van der Waals surface area contributed by atoms with Crippen LogP contribution in [0.5, 0.6) is 0 Å². The van der Waals surface area contributed by atoms with Gasteiger partial charge in [-0.3, -0.25) is 4.79 Å². The van der Waals surface area contributed by atoms with Crippen LogP contribution in [0.1, 0.15) is 57.6 Å². The highest BCUT2D eigenvalue weighted by atomic mass is 16.2. The van der Waals surface area contributed by atoms with Gasteiger partial charge in [-0.1, -0.05) is 12.1 Å². The van der Waals surface area contributed by atoms with Crippen LogP contribution in [-0.2, 0) is 4.79 Å². The van der Waals surface area contributed by atoms with Crippen LogP contribution in [0.2, 0.25) is 0 Å². The molecule has 26 heavy (non-hydrogen) atoms. The fourth-order valence-corrected chi connectivity index (χ4v) is 5.47. The van der Waals surface area contributed by atoms with E-state index in [2.05, 4.69) is 15.5 Å². The number of anilines is 1. The average Bonchev–Trinajstić information content (AvgIpc) is 2.78. The Bertz CT molecular complexity index is 690. The van der Waals surface area contributed by atoms with Crippen molar-refractivity contribution in [3.05, 3.63) is 29.8 Å². The molecule has 0 aromatic heterocycles. The molecule has 0 radical (unpaired) electrons. The zero-order valence-electron chi connectivity index (χ0n) is 15.7. The lowest BCUT2D eigenvalue weighted by Gasteiger charge is -2.39. The number of benzene rings is 1. The van der Waals surface area contributed by atoms with E-state index in [1.807, 2.05) is 31.2 Å². The number of hydrogen-bond acceptors (Lipinski definition) is 2. The molecule has 5 rings (SSSR count). The Balaban J connectivity index is 1.43. The molecule has 4 bridgehead atoms. The summed E-state index contributed by atoms with van der Waals surface area (Å²) in [5.41, 5.74) is 1.77. The van der Waals surface area contributed by atoms with Crippen LogP contribution < -0.4 is 10.6 Å². The van der Waals surface area contributed by atoms with Gasteiger partial charge in [-0.05, 0) is 74.5 Å². The minimum Gasteiger partial charge on any atom is -0.331 e. The van der Waals surface area contributed by atoms with Crippen molar-refractivity contribution in [2.24, 2.45) is 17.8 Å². The smallest absolute Gasteiger partial charge is 0.318 e. The number of nitrogens with zero attached hydrogens (tertiary/aromatic N) is 1. The molecule has 140 valence electrons. The average molecular weight is 355 g/mol. The van der Waals surface area contributed by atoms with E-state index in [1.54, 1.807) is 0 Å². The first kappa shape index (κ1) is 17.4. The van der Waals surface area contributed by atoms with Crippen LogP contribution in [0.4, 0.5) is 10.5 Å². The Morgan fingerprint density at radius 2 is 1.77 bits per heavy atom. The highest BCUT2D eigenvalue weighted by molar-refractivity contribution is 5.88. The first-order valence-corrected chi connectivity index (χ1v) is 9.92. The summed E-state index contributed by atoms with van der Waals surface area (Å²) in [4.78, 5) is 26.4. The second-order valence-corrected chi connectivity index (χ2v) is 8.56. The van der Waals surface area contributed by atoms with Crippen LogP contribution in [0, 0.1) is 17.8 Å². The van der Waals surface area contributed by atoms with Crippen molar-refractivity contribution in [1.29, 1.82) is 0 Å². The minimum absolute atomic E-state index is 0.0700. The van der Waals surface area contributed by atoms with Gasteiger partial charge in [-0.2, -0.15) is 0 Å². The van der Waals surface area contributed by atoms with Crippen molar-refractivity contribution >= 4 is 17.6 Å². The molecule has 3 unspecified atom stereocenters. The molecule has 2 heterocycles. The third kappa shape index (κ3) is 3.57. The van der Waals surface area contributed by atoms with Gasteiger partial charge >= 0.3 is 6.03 Å². The van der Waals surface area contributed by atoms with E-state index >= 15 is 0 Å². The van der Waals surface area contributed by atoms with E-state index in [1.165, 1.54) is 39.0 Å². The van der Waals surface area contributed by atoms with Gasteiger partial charge in [-0.25, -0.2) is 4.79 Å². The number of fused-ring (bicyclic) bond motifs is 1. The topological polar surface area (TPSA) is 61.4 Å². The summed E-state index contributed by atoms with van der Waals surface area (Å²) in [6, 6.07) is 8.10. The highest BCUT2D eigenvalue weighted by Gasteiger charge is 2.44. The van der Waals surface area contributed by atoms with E-state index in [0.717, 1.165) is 29.6 Å². The lowest BCUT2D eigenvalue weighted by molar-refractivity contribution is -0.114. The van der Waals surface area contributed by atoms with Gasteiger partial charge in [0.15, 0.2) is 0 Å². The molecule has 4 fully saturated rings. The third-order valence-corrected chi connectivity index (χ3v) is 6.41. The van der Waals surface area contributed by atoms with Crippen molar-refractivity contribution in [3.8, 4) is 0 Å². The number of amides is 3. The van der Waals surface area contributed by atoms with Gasteiger partial charge in [0.05, 0.1) is 6.04 Å². The molecular formula is C21H29N3O2. The van der Waals surface area contributed by atoms with E-state index in [4.69, 9.17) is 0 Å². The standard InChI is InChI=1S/C21H29N3O2/c1-13(18-4-3-5-19(11-18)23-14(2)25)22-21(26)24-12-17-7-15-6-16(8-17)10-20(24)9-15/h3-5,11,13,15-17,20H,6-10,12H2,1-2H3,(H,22,26)(H,23,25). The molecule has 5 nitrogen and oxygen atoms in total. The lowest BCUT2D eigenvalue weighted by atomic mass is 9.68. The molecule has 4 aliphatic rings. The second-order valence-electron chi connectivity index (χ2n) is 8.56. The van der Waals surface area contributed by atoms with Crippen LogP contribution in [0.25, 0.3) is 0 Å². The highest BCUT2D eigenvalue weighted by Crippen LogP contribution is 2.47. The Morgan fingerprint density at radius 3 is 2.46 bits per heavy atom. The summed E-state index contributed by atoms with van der Waals surface area (Å²) in [6.07, 6.45) is 6.38. The molecule has 2 aliphatic carbocycles. The predicted molar refractivity (Wildman–Crippen MR) is 102 cm³/mol. The van der Waals surface area contributed by atoms with E-state index < -0.39 is 0 Å². The number of urea groups is 1. The minimum atomic E-state index is -0.0890. The molecule has 5 heteroatoms. The molecule has 2 saturated carbocycles. The van der Waals surface area contributed by atoms with E-state index in [9.17, 15) is 9.59 Å². The van der Waals surface area contributed by atoms with Gasteiger partial charge in [0.25, 0.3) is 0 Å². The molecule has 0 spiro atoms. The summed E-state index contributed by atoms with van der Waals surface area (Å²) >= 11 is 0. The maximum absolute atomic E-state index is 13.0. The van der Waals surface area contributed by atoms with E-state index in [-0.39, 0.29) is 18.0 Å². The maximum atomic E-state index is 13.0. The summed E-state index contributed by atoms with van der Waals surface area (Å²) in [5.74, 6) is 2.27. The van der Waals surface area contributed by atoms with Crippen LogP contribution in [-0.4, -0.2) is 29.4 Å². The Hall–Kier alpha value is -2.04. The van der Waals surface area contributed by atoms with Crippen molar-refractivity contribution in [2.75, 3.05) is 11.9 Å². The van der Waals surface area contributed by atoms with Gasteiger partial charge < -0.3 is 15.5 Å². The van der Waals surface area contributed by atoms with Crippen LogP contribution in [0.15, 0.2) is 24.3 Å². The Labute approximate surface area is 155 Å². The van der Waals surface area contributed by atoms with Crippen molar-refractivity contribution < 1.29 is 9.59 Å². The normalized spacial score (nSPS) is 30.6. The zero-order valence-corrected chi connectivity index (χ0v) is 15.7. The van der Waals surface area contributed by atoms with Crippen molar-refractivity contribution in [2.45, 2.75) is 58.0 Å². The quantitative estimate of drug-likeness (QED) is 0.863. The summed E-state index contributed by atoms with van der Waals surface area (Å²) in [7, 11) is 0. The fourth-order valence-electron chi connectivity index (χ4n) is 5.47. The van der Waals surface area contributed by atoms with Gasteiger partial charge in [0.1, 0.15) is 0 Å². The fraction of sp³-hybridized carbons (Fsp3) is 0.619. The Morgan fingerprint density at radius 1 is 1.08 bits per heavy atom. The molecule has 2 aliphatic heterocycles. The number of hydrogen-bond donors (Lipinski definition) is 2. The molecule has 2 N–H and O–H groups in total. The summed E-state index contributed by atoms with van der Waals surface area (Å²) in [6.45, 7) is 4.42. The van der Waals surface area contributed by atoms with Gasteiger partial charge in [0.2, 0.25) is 5.91 Å². The zero-order chi connectivity index (χ0) is 18.3. The molecule has 1 aromatic carbocycles. The van der Waals surface area contributed by atoms with Gasteiger partial charge in [-0.15, -0.1) is 0 Å². The number of carbonyl (C=O) groups excluding carboxylic acids is 2. The van der Waals surface area contributed by atoms with Crippen LogP contribution in [0.3, 0.4) is 0 Å². The van der Waals surface area contributed by atoms with E-state index in [0.29, 0.717) is 12.0 Å². The molecule has 2 saturated heterocycles. The number of rotatable bonds is 3. The van der Waals surface area contributed by atoms with Gasteiger partial charge in [0, 0.05) is 25.2 Å². The van der Waals surface area contributed by atoms with Crippen LogP contribution >= 0.6 is 0 Å². The maximum Gasteiger partial charge on any atom is 0.318 e. The van der Waals surface area contributed by atoms with Crippen molar-refractivity contribution in [1.82, 2.24) is 10.2 Å². The largest absolute Gasteiger partial charge is 0.331 e. The first-order chi connectivity index (χ1) is 12.5. The molecule has 3 atom stereocenters. The second kappa shape index (κ2) is 6.93. The Kier molecular flexibility index (Phi) is 4.63. The third-order valence-electron chi connectivity index (χ3n) is 6.41. The predicted octanol–water partition coefficient (Wildman–Crippen LogP) is 3.93. The number of nitrogens with one attached hydrogen (secondary N) is 2. The molecule has 1 aromatic rings. The lowest BCUT2D eigenvalue weighted by Crippen LogP contribution is -2.47. The van der Waals surface area contributed by atoms with Crippen molar-refractivity contribution in [3.63, 3.8) is 0 Å². The SMILES string of the molecule is CC(=O)Nc1cccc(C(C)NC(=O)N2CC3CC4CC(C3)CC2C4)c1. The molecule has 3 amide bonds. The summed E-state index contributed by atoms with van der Waals surface area (Å²) in [5, 5.41) is 5.99. The molecular weight excluding hydrogens is 326 g/mol. The monoisotopic (exact) mass is 355 g/mol.